The van der Waals surface area contributed by atoms with Gasteiger partial charge in [-0.3, -0.25) is 4.79 Å². The van der Waals surface area contributed by atoms with Crippen LogP contribution in [0.15, 0.2) is 53.1 Å². The number of hydrogen-bond acceptors (Lipinski definition) is 4. The molecule has 1 aliphatic rings. The molecular weight excluding hydrogens is 378 g/mol. The molecule has 1 saturated heterocycles. The van der Waals surface area contributed by atoms with Crippen molar-refractivity contribution < 1.29 is 26.9 Å². The molecule has 0 spiro atoms. The van der Waals surface area contributed by atoms with Crippen LogP contribution in [-0.4, -0.2) is 22.6 Å². The van der Waals surface area contributed by atoms with E-state index in [1.54, 1.807) is 6.07 Å². The van der Waals surface area contributed by atoms with Crippen LogP contribution < -0.4 is 4.90 Å². The fourth-order valence-electron chi connectivity index (χ4n) is 3.11. The Kier molecular flexibility index (Phi) is 4.37. The number of carbonyl (C=O) groups excluding carboxylic acids is 1. The van der Waals surface area contributed by atoms with Gasteiger partial charge in [0.1, 0.15) is 5.82 Å². The number of anilines is 1. The molecule has 144 valence electrons. The molecule has 2 aromatic carbocycles. The molecule has 1 unspecified atom stereocenters. The van der Waals surface area contributed by atoms with E-state index in [-0.39, 0.29) is 36.2 Å². The van der Waals surface area contributed by atoms with Gasteiger partial charge in [0, 0.05) is 24.6 Å². The van der Waals surface area contributed by atoms with E-state index in [1.165, 1.54) is 35.2 Å². The number of alkyl halides is 3. The number of nitrogens with zero attached hydrogens (tertiary/aromatic N) is 3. The lowest BCUT2D eigenvalue weighted by atomic mass is 10.1. The van der Waals surface area contributed by atoms with Crippen molar-refractivity contribution in [2.24, 2.45) is 0 Å². The van der Waals surface area contributed by atoms with Gasteiger partial charge in [-0.2, -0.15) is 18.2 Å². The third-order valence-corrected chi connectivity index (χ3v) is 4.54. The van der Waals surface area contributed by atoms with E-state index >= 15 is 0 Å². The van der Waals surface area contributed by atoms with Gasteiger partial charge in [0.2, 0.25) is 5.91 Å². The van der Waals surface area contributed by atoms with Crippen molar-refractivity contribution in [3.05, 3.63) is 65.7 Å². The highest BCUT2D eigenvalue weighted by atomic mass is 19.4. The third kappa shape index (κ3) is 3.35. The number of aromatic nitrogens is 2. The molecule has 0 saturated carbocycles. The number of halogens is 4. The summed E-state index contributed by atoms with van der Waals surface area (Å²) in [6.45, 7) is 0.195. The Hall–Kier alpha value is -3.23. The van der Waals surface area contributed by atoms with E-state index in [4.69, 9.17) is 4.52 Å². The molecule has 4 rings (SSSR count). The number of benzene rings is 2. The predicted octanol–water partition coefficient (Wildman–Crippen LogP) is 4.42. The minimum Gasteiger partial charge on any atom is -0.334 e. The molecule has 9 heteroatoms. The Morgan fingerprint density at radius 1 is 1.07 bits per heavy atom. The molecule has 0 aliphatic carbocycles. The largest absolute Gasteiger partial charge is 0.416 e. The molecule has 1 aromatic heterocycles. The van der Waals surface area contributed by atoms with Gasteiger partial charge in [-0.25, -0.2) is 4.39 Å². The van der Waals surface area contributed by atoms with E-state index in [9.17, 15) is 22.4 Å². The van der Waals surface area contributed by atoms with Crippen LogP contribution in [0.5, 0.6) is 0 Å². The maximum Gasteiger partial charge on any atom is 0.416 e. The maximum absolute atomic E-state index is 13.9. The number of hydrogen-bond donors (Lipinski definition) is 0. The minimum absolute atomic E-state index is 0.00790. The van der Waals surface area contributed by atoms with Gasteiger partial charge in [0.25, 0.3) is 5.89 Å². The number of amides is 1. The second kappa shape index (κ2) is 6.74. The van der Waals surface area contributed by atoms with E-state index in [1.807, 2.05) is 0 Å². The zero-order valence-electron chi connectivity index (χ0n) is 14.3. The van der Waals surface area contributed by atoms with Crippen LogP contribution in [0.3, 0.4) is 0 Å². The van der Waals surface area contributed by atoms with Crippen molar-refractivity contribution in [1.29, 1.82) is 0 Å². The van der Waals surface area contributed by atoms with Crippen molar-refractivity contribution in [3.8, 4) is 11.5 Å². The average molecular weight is 391 g/mol. The molecule has 0 bridgehead atoms. The molecule has 1 amide bonds. The summed E-state index contributed by atoms with van der Waals surface area (Å²) >= 11 is 0. The van der Waals surface area contributed by atoms with Crippen molar-refractivity contribution in [1.82, 2.24) is 10.1 Å². The minimum atomic E-state index is -4.44. The first-order chi connectivity index (χ1) is 13.3. The standard InChI is InChI=1S/C19H13F4N3O2/c20-15-4-2-1-3-14(15)18-24-17(25-28-18)11-9-16(27)26(10-11)13-7-5-12(6-8-13)19(21,22)23/h1-8,11H,9-10H2. The SMILES string of the molecule is O=C1CC(c2noc(-c3ccccc3F)n2)CN1c1ccc(C(F)(F)F)cc1. The molecule has 0 N–H and O–H groups in total. The van der Waals surface area contributed by atoms with Crippen molar-refractivity contribution in [3.63, 3.8) is 0 Å². The van der Waals surface area contributed by atoms with Crippen LogP contribution in [-0.2, 0) is 11.0 Å². The summed E-state index contributed by atoms with van der Waals surface area (Å²) in [6.07, 6.45) is -4.36. The highest BCUT2D eigenvalue weighted by Gasteiger charge is 2.36. The Balaban J connectivity index is 1.53. The fraction of sp³-hybridized carbons (Fsp3) is 0.211. The highest BCUT2D eigenvalue weighted by Crippen LogP contribution is 2.34. The summed E-state index contributed by atoms with van der Waals surface area (Å²) in [7, 11) is 0. The van der Waals surface area contributed by atoms with Gasteiger partial charge in [0.15, 0.2) is 5.82 Å². The lowest BCUT2D eigenvalue weighted by Crippen LogP contribution is -2.24. The van der Waals surface area contributed by atoms with Crippen LogP contribution in [0.25, 0.3) is 11.5 Å². The summed E-state index contributed by atoms with van der Waals surface area (Å²) in [5.41, 5.74) is -0.268. The summed E-state index contributed by atoms with van der Waals surface area (Å²) in [6, 6.07) is 10.3. The van der Waals surface area contributed by atoms with Gasteiger partial charge in [-0.1, -0.05) is 17.3 Å². The lowest BCUT2D eigenvalue weighted by molar-refractivity contribution is -0.137. The lowest BCUT2D eigenvalue weighted by Gasteiger charge is -2.17. The topological polar surface area (TPSA) is 59.2 Å². The fourth-order valence-corrected chi connectivity index (χ4v) is 3.11. The van der Waals surface area contributed by atoms with Crippen LogP contribution >= 0.6 is 0 Å². The van der Waals surface area contributed by atoms with Crippen LogP contribution in [0.1, 0.15) is 23.7 Å². The van der Waals surface area contributed by atoms with Crippen molar-refractivity contribution in [2.75, 3.05) is 11.4 Å². The van der Waals surface area contributed by atoms with Gasteiger partial charge in [-0.15, -0.1) is 0 Å². The van der Waals surface area contributed by atoms with Crippen LogP contribution in [0, 0.1) is 5.82 Å². The zero-order valence-corrected chi connectivity index (χ0v) is 14.3. The molecule has 28 heavy (non-hydrogen) atoms. The summed E-state index contributed by atoms with van der Waals surface area (Å²) in [4.78, 5) is 17.9. The van der Waals surface area contributed by atoms with Gasteiger partial charge < -0.3 is 9.42 Å². The van der Waals surface area contributed by atoms with Crippen LogP contribution in [0.2, 0.25) is 0 Å². The van der Waals surface area contributed by atoms with Gasteiger partial charge >= 0.3 is 6.18 Å². The van der Waals surface area contributed by atoms with E-state index < -0.39 is 23.5 Å². The molecule has 5 nitrogen and oxygen atoms in total. The molecule has 1 aliphatic heterocycles. The molecule has 3 aromatic rings. The third-order valence-electron chi connectivity index (χ3n) is 4.54. The second-order valence-electron chi connectivity index (χ2n) is 6.39. The first kappa shape index (κ1) is 18.1. The monoisotopic (exact) mass is 391 g/mol. The summed E-state index contributed by atoms with van der Waals surface area (Å²) in [5, 5.41) is 3.84. The molecule has 0 radical (unpaired) electrons. The maximum atomic E-state index is 13.9. The van der Waals surface area contributed by atoms with Gasteiger partial charge in [-0.05, 0) is 36.4 Å². The molecule has 1 fully saturated rings. The van der Waals surface area contributed by atoms with Crippen LogP contribution in [0.4, 0.5) is 23.2 Å². The first-order valence-corrected chi connectivity index (χ1v) is 8.39. The smallest absolute Gasteiger partial charge is 0.334 e. The summed E-state index contributed by atoms with van der Waals surface area (Å²) in [5.74, 6) is -0.915. The average Bonchev–Trinajstić information content (AvgIpc) is 3.28. The molecular formula is C19H13F4N3O2. The van der Waals surface area contributed by atoms with E-state index in [0.29, 0.717) is 5.69 Å². The zero-order chi connectivity index (χ0) is 19.9. The van der Waals surface area contributed by atoms with Crippen molar-refractivity contribution >= 4 is 11.6 Å². The Labute approximate surface area is 156 Å². The second-order valence-corrected chi connectivity index (χ2v) is 6.39. The van der Waals surface area contributed by atoms with E-state index in [0.717, 1.165) is 12.1 Å². The molecule has 1 atom stereocenters. The number of carbonyl (C=O) groups is 1. The summed E-state index contributed by atoms with van der Waals surface area (Å²) < 4.78 is 57.1. The normalized spacial score (nSPS) is 17.4. The quantitative estimate of drug-likeness (QED) is 0.621. The highest BCUT2D eigenvalue weighted by molar-refractivity contribution is 5.96. The van der Waals surface area contributed by atoms with Crippen molar-refractivity contribution in [2.45, 2.75) is 18.5 Å². The molecule has 2 heterocycles. The number of rotatable bonds is 3. The van der Waals surface area contributed by atoms with E-state index in [2.05, 4.69) is 10.1 Å². The Bertz CT molecular complexity index is 1010. The Morgan fingerprint density at radius 2 is 1.79 bits per heavy atom. The Morgan fingerprint density at radius 3 is 2.46 bits per heavy atom. The first-order valence-electron chi connectivity index (χ1n) is 8.39. The predicted molar refractivity (Wildman–Crippen MR) is 90.8 cm³/mol. The van der Waals surface area contributed by atoms with Gasteiger partial charge in [0.05, 0.1) is 11.1 Å².